The maximum Gasteiger partial charge on any atom is 0.211 e. The van der Waals surface area contributed by atoms with Crippen molar-refractivity contribution in [1.29, 1.82) is 0 Å². The molecule has 0 bridgehead atoms. The van der Waals surface area contributed by atoms with Crippen LogP contribution in [0.15, 0.2) is 0 Å². The lowest BCUT2D eigenvalue weighted by Gasteiger charge is -2.15. The molecule has 0 aliphatic carbocycles. The predicted molar refractivity (Wildman–Crippen MR) is 66.3 cm³/mol. The zero-order valence-corrected chi connectivity index (χ0v) is 11.7. The first-order valence-corrected chi connectivity index (χ1v) is 10.7. The van der Waals surface area contributed by atoms with Crippen LogP contribution < -0.4 is 4.72 Å². The van der Waals surface area contributed by atoms with Gasteiger partial charge in [0.05, 0.1) is 5.75 Å². The fourth-order valence-electron chi connectivity index (χ4n) is 0.977. The Morgan fingerprint density at radius 2 is 1.80 bits per heavy atom. The van der Waals surface area contributed by atoms with Crippen molar-refractivity contribution in [3.8, 4) is 0 Å². The van der Waals surface area contributed by atoms with Crippen molar-refractivity contribution in [2.24, 2.45) is 0 Å². The fraction of sp³-hybridized carbons (Fsp3) is 1.00. The molecule has 0 spiro atoms. The fourth-order valence-corrected chi connectivity index (χ4v) is 5.10. The molecule has 0 aromatic rings. The van der Waals surface area contributed by atoms with Gasteiger partial charge in [0, 0.05) is 21.2 Å². The summed E-state index contributed by atoms with van der Waals surface area (Å²) in [4.78, 5) is 0. The molecule has 0 amide bonds. The van der Waals surface area contributed by atoms with E-state index in [0.29, 0.717) is 19.4 Å². The molecule has 0 aromatic carbocycles. The molecule has 6 heteroatoms. The molecular weight excluding hydrogens is 230 g/mol. The van der Waals surface area contributed by atoms with Crippen LogP contribution in [0, 0.1) is 0 Å². The summed E-state index contributed by atoms with van der Waals surface area (Å²) in [5.41, 5.74) is 0. The number of hydrogen-bond acceptors (Lipinski definition) is 3. The molecule has 0 saturated carbocycles. The molecule has 0 unspecified atom stereocenters. The number of hydrogen-bond donors (Lipinski definition) is 2. The molecule has 0 radical (unpaired) electrons. The largest absolute Gasteiger partial charge is 0.396 e. The highest BCUT2D eigenvalue weighted by atomic mass is 32.2. The second-order valence-electron chi connectivity index (χ2n) is 4.95. The molecule has 2 N–H and O–H groups in total. The highest BCUT2D eigenvalue weighted by molar-refractivity contribution is 7.89. The second kappa shape index (κ2) is 6.62. The molecule has 0 aromatic heterocycles. The van der Waals surface area contributed by atoms with Crippen molar-refractivity contribution < 1.29 is 13.5 Å². The summed E-state index contributed by atoms with van der Waals surface area (Å²) < 4.78 is 25.5. The summed E-state index contributed by atoms with van der Waals surface area (Å²) >= 11 is 0. The summed E-state index contributed by atoms with van der Waals surface area (Å²) in [7, 11) is -4.37. The van der Waals surface area contributed by atoms with Gasteiger partial charge in [0.1, 0.15) is 0 Å². The van der Waals surface area contributed by atoms with E-state index in [-0.39, 0.29) is 12.4 Å². The molecule has 4 nitrogen and oxygen atoms in total. The lowest BCUT2D eigenvalue weighted by atomic mass is 10.3. The average molecular weight is 253 g/mol. The Balaban J connectivity index is 3.78. The number of unbranched alkanes of at least 4 members (excludes halogenated alkanes) is 1. The Morgan fingerprint density at radius 3 is 2.27 bits per heavy atom. The summed E-state index contributed by atoms with van der Waals surface area (Å²) in [6.07, 6.45) is 1.35. The molecule has 0 rings (SSSR count). The lowest BCUT2D eigenvalue weighted by Crippen LogP contribution is -2.31. The first-order valence-electron chi connectivity index (χ1n) is 5.35. The highest BCUT2D eigenvalue weighted by Gasteiger charge is 2.18. The Kier molecular flexibility index (Phi) is 6.66. The molecule has 0 fully saturated rings. The van der Waals surface area contributed by atoms with Crippen molar-refractivity contribution in [1.82, 2.24) is 4.72 Å². The lowest BCUT2D eigenvalue weighted by molar-refractivity contribution is 0.285. The Labute approximate surface area is 94.1 Å². The topological polar surface area (TPSA) is 66.4 Å². The van der Waals surface area contributed by atoms with E-state index in [0.717, 1.165) is 6.04 Å². The highest BCUT2D eigenvalue weighted by Crippen LogP contribution is 2.09. The summed E-state index contributed by atoms with van der Waals surface area (Å²) in [5.74, 6) is 0.238. The molecule has 0 aliphatic rings. The number of rotatable bonds is 8. The van der Waals surface area contributed by atoms with Crippen molar-refractivity contribution in [2.45, 2.75) is 38.5 Å². The van der Waals surface area contributed by atoms with Crippen LogP contribution in [0.4, 0.5) is 0 Å². The Bertz CT molecular complexity index is 259. The number of sulfonamides is 1. The summed E-state index contributed by atoms with van der Waals surface area (Å²) in [6.45, 7) is 7.04. The Hall–Kier alpha value is 0.0869. The van der Waals surface area contributed by atoms with Crippen LogP contribution in [0.25, 0.3) is 0 Å². The van der Waals surface area contributed by atoms with Gasteiger partial charge in [-0.2, -0.15) is 0 Å². The first kappa shape index (κ1) is 15.1. The third-order valence-corrected chi connectivity index (χ3v) is 5.53. The molecule has 92 valence electrons. The third-order valence-electron chi connectivity index (χ3n) is 2.03. The minimum absolute atomic E-state index is 0.122. The van der Waals surface area contributed by atoms with Crippen molar-refractivity contribution >= 4 is 18.1 Å². The standard InChI is InChI=1S/C9H23NO3SSi/c1-15(2,3)9-8-14(12,13)10-6-4-5-7-11/h10-11H,4-9H2,1-3H3. The Morgan fingerprint density at radius 1 is 1.20 bits per heavy atom. The van der Waals surface area contributed by atoms with Crippen molar-refractivity contribution in [3.05, 3.63) is 0 Å². The van der Waals surface area contributed by atoms with Crippen LogP contribution in [0.5, 0.6) is 0 Å². The van der Waals surface area contributed by atoms with E-state index in [2.05, 4.69) is 24.4 Å². The van der Waals surface area contributed by atoms with Gasteiger partial charge >= 0.3 is 0 Å². The molecular formula is C9H23NO3SSi. The maximum absolute atomic E-state index is 11.5. The normalized spacial score (nSPS) is 13.1. The van der Waals surface area contributed by atoms with E-state index >= 15 is 0 Å². The molecule has 15 heavy (non-hydrogen) atoms. The predicted octanol–water partition coefficient (Wildman–Crippen LogP) is 1.02. The number of aliphatic hydroxyl groups is 1. The number of nitrogens with one attached hydrogen (secondary N) is 1. The van der Waals surface area contributed by atoms with E-state index in [1.165, 1.54) is 0 Å². The average Bonchev–Trinajstić information content (AvgIpc) is 2.09. The van der Waals surface area contributed by atoms with Gasteiger partial charge in [0.15, 0.2) is 0 Å². The van der Waals surface area contributed by atoms with Gasteiger partial charge in [-0.3, -0.25) is 0 Å². The van der Waals surface area contributed by atoms with Crippen LogP contribution in [0.3, 0.4) is 0 Å². The van der Waals surface area contributed by atoms with Gasteiger partial charge in [-0.05, 0) is 18.9 Å². The maximum atomic E-state index is 11.5. The monoisotopic (exact) mass is 253 g/mol. The minimum Gasteiger partial charge on any atom is -0.396 e. The van der Waals surface area contributed by atoms with Gasteiger partial charge in [-0.25, -0.2) is 13.1 Å². The van der Waals surface area contributed by atoms with Gasteiger partial charge < -0.3 is 5.11 Å². The molecule has 0 heterocycles. The van der Waals surface area contributed by atoms with E-state index in [4.69, 9.17) is 5.11 Å². The smallest absolute Gasteiger partial charge is 0.211 e. The van der Waals surface area contributed by atoms with Crippen LogP contribution in [0.1, 0.15) is 12.8 Å². The van der Waals surface area contributed by atoms with E-state index < -0.39 is 18.1 Å². The minimum atomic E-state index is -3.09. The first-order chi connectivity index (χ1) is 6.77. The van der Waals surface area contributed by atoms with Crippen LogP contribution in [-0.2, 0) is 10.0 Å². The summed E-state index contributed by atoms with van der Waals surface area (Å²) in [5, 5.41) is 8.53. The van der Waals surface area contributed by atoms with Crippen LogP contribution >= 0.6 is 0 Å². The molecule has 0 atom stereocenters. The van der Waals surface area contributed by atoms with Gasteiger partial charge in [-0.1, -0.05) is 19.6 Å². The van der Waals surface area contributed by atoms with Crippen LogP contribution in [-0.4, -0.2) is 40.5 Å². The van der Waals surface area contributed by atoms with Crippen LogP contribution in [0.2, 0.25) is 25.7 Å². The quantitative estimate of drug-likeness (QED) is 0.501. The van der Waals surface area contributed by atoms with Gasteiger partial charge in [0.2, 0.25) is 10.0 Å². The van der Waals surface area contributed by atoms with E-state index in [9.17, 15) is 8.42 Å². The van der Waals surface area contributed by atoms with E-state index in [1.54, 1.807) is 0 Å². The second-order valence-corrected chi connectivity index (χ2v) is 12.5. The summed E-state index contributed by atoms with van der Waals surface area (Å²) in [6, 6.07) is 0.794. The van der Waals surface area contributed by atoms with Crippen molar-refractivity contribution in [2.75, 3.05) is 18.9 Å². The zero-order valence-electron chi connectivity index (χ0n) is 9.91. The van der Waals surface area contributed by atoms with Crippen molar-refractivity contribution in [3.63, 3.8) is 0 Å². The number of aliphatic hydroxyl groups excluding tert-OH is 1. The van der Waals surface area contributed by atoms with Gasteiger partial charge in [-0.15, -0.1) is 0 Å². The van der Waals surface area contributed by atoms with E-state index in [1.807, 2.05) is 0 Å². The van der Waals surface area contributed by atoms with Gasteiger partial charge in [0.25, 0.3) is 0 Å². The molecule has 0 saturated heterocycles. The SMILES string of the molecule is C[Si](C)(C)CCS(=O)(=O)NCCCCO. The zero-order chi connectivity index (χ0) is 11.9. The third kappa shape index (κ3) is 10.4. The molecule has 0 aliphatic heterocycles.